The molecule has 1 unspecified atom stereocenters. The summed E-state index contributed by atoms with van der Waals surface area (Å²) in [6, 6.07) is 7.25. The Morgan fingerprint density at radius 2 is 2.00 bits per heavy atom. The summed E-state index contributed by atoms with van der Waals surface area (Å²) >= 11 is 0. The Kier molecular flexibility index (Phi) is 4.32. The molecule has 0 amide bonds. The van der Waals surface area contributed by atoms with E-state index < -0.39 is 5.95 Å². The van der Waals surface area contributed by atoms with E-state index in [1.54, 1.807) is 19.2 Å². The van der Waals surface area contributed by atoms with Crippen molar-refractivity contribution < 1.29 is 9.13 Å². The number of hydrogen-bond donors (Lipinski definition) is 0. The summed E-state index contributed by atoms with van der Waals surface area (Å²) in [6.45, 7) is 4.39. The summed E-state index contributed by atoms with van der Waals surface area (Å²) in [7, 11) is 0. The maximum Gasteiger partial charge on any atom is 0.224 e. The van der Waals surface area contributed by atoms with Gasteiger partial charge in [0.05, 0.1) is 12.2 Å². The van der Waals surface area contributed by atoms with Crippen molar-refractivity contribution in [1.82, 2.24) is 19.9 Å². The molecule has 0 saturated heterocycles. The highest BCUT2D eigenvalue weighted by Crippen LogP contribution is 2.47. The van der Waals surface area contributed by atoms with E-state index in [9.17, 15) is 4.39 Å². The Morgan fingerprint density at radius 1 is 1.12 bits per heavy atom. The lowest BCUT2D eigenvalue weighted by molar-refractivity contribution is 0.285. The predicted molar refractivity (Wildman–Crippen MR) is 95.3 cm³/mol. The number of pyridine rings is 2. The number of aromatic nitrogens is 4. The summed E-state index contributed by atoms with van der Waals surface area (Å²) in [5.41, 5.74) is 3.59. The molecule has 0 radical (unpaired) electrons. The smallest absolute Gasteiger partial charge is 0.224 e. The second-order valence-electron chi connectivity index (χ2n) is 6.68. The van der Waals surface area contributed by atoms with Crippen LogP contribution in [0.25, 0.3) is 11.1 Å². The number of halogens is 1. The second kappa shape index (κ2) is 6.78. The van der Waals surface area contributed by atoms with E-state index in [0.29, 0.717) is 41.3 Å². The van der Waals surface area contributed by atoms with Crippen molar-refractivity contribution in [3.63, 3.8) is 0 Å². The minimum atomic E-state index is -0.540. The Balaban J connectivity index is 1.49. The van der Waals surface area contributed by atoms with Gasteiger partial charge in [-0.15, -0.1) is 0 Å². The highest BCUT2D eigenvalue weighted by molar-refractivity contribution is 5.67. The standard InChI is InChI=1S/C20H19FN4O/c1-12-3-4-18(24-9-12)16-7-15(16)11-26-20-17(10-23-13(2)25-20)14-5-6-22-19(21)8-14/h3-6,8-10,15-16H,7,11H2,1-2H3/t15-,16?/m1/s1. The van der Waals surface area contributed by atoms with Crippen molar-refractivity contribution >= 4 is 0 Å². The summed E-state index contributed by atoms with van der Waals surface area (Å²) in [4.78, 5) is 16.7. The van der Waals surface area contributed by atoms with Crippen molar-refractivity contribution in [1.29, 1.82) is 0 Å². The molecule has 1 saturated carbocycles. The molecule has 132 valence electrons. The molecule has 3 aromatic rings. The molecule has 0 aromatic carbocycles. The molecule has 0 aliphatic heterocycles. The SMILES string of the molecule is Cc1ccc(C2C[C@@H]2COc2nc(C)ncc2-c2ccnc(F)c2)nc1. The highest BCUT2D eigenvalue weighted by atomic mass is 19.1. The Hall–Kier alpha value is -2.89. The molecule has 6 heteroatoms. The average Bonchev–Trinajstić information content (AvgIpc) is 3.40. The van der Waals surface area contributed by atoms with Crippen LogP contribution >= 0.6 is 0 Å². The van der Waals surface area contributed by atoms with Crippen LogP contribution in [-0.4, -0.2) is 26.5 Å². The van der Waals surface area contributed by atoms with Crippen LogP contribution in [0.15, 0.2) is 42.9 Å². The zero-order valence-electron chi connectivity index (χ0n) is 14.7. The molecular weight excluding hydrogens is 331 g/mol. The van der Waals surface area contributed by atoms with Gasteiger partial charge in [-0.25, -0.2) is 9.97 Å². The monoisotopic (exact) mass is 350 g/mol. The molecule has 1 fully saturated rings. The van der Waals surface area contributed by atoms with Crippen molar-refractivity contribution in [2.24, 2.45) is 5.92 Å². The third kappa shape index (κ3) is 3.54. The van der Waals surface area contributed by atoms with Crippen molar-refractivity contribution in [2.75, 3.05) is 6.61 Å². The molecule has 1 aliphatic rings. The van der Waals surface area contributed by atoms with Gasteiger partial charge >= 0.3 is 0 Å². The van der Waals surface area contributed by atoms with Crippen LogP contribution in [0.2, 0.25) is 0 Å². The first-order valence-corrected chi connectivity index (χ1v) is 8.61. The number of ether oxygens (including phenoxy) is 1. The number of nitrogens with zero attached hydrogens (tertiary/aromatic N) is 4. The first-order chi connectivity index (χ1) is 12.6. The molecule has 3 aromatic heterocycles. The second-order valence-corrected chi connectivity index (χ2v) is 6.68. The maximum absolute atomic E-state index is 13.5. The zero-order chi connectivity index (χ0) is 18.1. The Bertz CT molecular complexity index is 929. The minimum Gasteiger partial charge on any atom is -0.477 e. The number of aryl methyl sites for hydroxylation is 2. The van der Waals surface area contributed by atoms with E-state index in [1.165, 1.54) is 12.3 Å². The minimum absolute atomic E-state index is 0.419. The van der Waals surface area contributed by atoms with E-state index in [0.717, 1.165) is 17.7 Å². The van der Waals surface area contributed by atoms with E-state index in [4.69, 9.17) is 4.74 Å². The highest BCUT2D eigenvalue weighted by Gasteiger charge is 2.40. The molecule has 0 N–H and O–H groups in total. The largest absolute Gasteiger partial charge is 0.477 e. The Morgan fingerprint density at radius 3 is 2.77 bits per heavy atom. The molecule has 2 atom stereocenters. The van der Waals surface area contributed by atoms with E-state index >= 15 is 0 Å². The first-order valence-electron chi connectivity index (χ1n) is 8.61. The van der Waals surface area contributed by atoms with Gasteiger partial charge in [0.2, 0.25) is 11.8 Å². The van der Waals surface area contributed by atoms with Crippen molar-refractivity contribution in [3.05, 3.63) is 65.9 Å². The number of hydrogen-bond acceptors (Lipinski definition) is 5. The summed E-state index contributed by atoms with van der Waals surface area (Å²) in [5.74, 6) is 1.40. The van der Waals surface area contributed by atoms with Crippen LogP contribution in [0.3, 0.4) is 0 Å². The molecule has 4 rings (SSSR count). The summed E-state index contributed by atoms with van der Waals surface area (Å²) < 4.78 is 19.4. The van der Waals surface area contributed by atoms with Crippen molar-refractivity contribution in [2.45, 2.75) is 26.2 Å². The third-order valence-corrected chi connectivity index (χ3v) is 4.58. The van der Waals surface area contributed by atoms with Crippen molar-refractivity contribution in [3.8, 4) is 17.0 Å². The van der Waals surface area contributed by atoms with Crippen LogP contribution in [-0.2, 0) is 0 Å². The van der Waals surface area contributed by atoms with Crippen LogP contribution < -0.4 is 4.74 Å². The fraction of sp³-hybridized carbons (Fsp3) is 0.300. The lowest BCUT2D eigenvalue weighted by Gasteiger charge is -2.11. The molecule has 0 spiro atoms. The van der Waals surface area contributed by atoms with Gasteiger partial charge in [0.1, 0.15) is 5.82 Å². The summed E-state index contributed by atoms with van der Waals surface area (Å²) in [6.07, 6.45) is 6.04. The van der Waals surface area contributed by atoms with Gasteiger partial charge in [0.25, 0.3) is 0 Å². The van der Waals surface area contributed by atoms with E-state index in [1.807, 2.05) is 13.1 Å². The third-order valence-electron chi connectivity index (χ3n) is 4.58. The van der Waals surface area contributed by atoms with Crippen LogP contribution in [0.5, 0.6) is 5.88 Å². The molecule has 5 nitrogen and oxygen atoms in total. The van der Waals surface area contributed by atoms with Crippen LogP contribution in [0.1, 0.15) is 29.4 Å². The van der Waals surface area contributed by atoms with Gasteiger partial charge in [0, 0.05) is 42.2 Å². The van der Waals surface area contributed by atoms with Gasteiger partial charge in [-0.1, -0.05) is 6.07 Å². The quantitative estimate of drug-likeness (QED) is 0.654. The zero-order valence-corrected chi connectivity index (χ0v) is 14.7. The molecule has 0 bridgehead atoms. The van der Waals surface area contributed by atoms with E-state index in [-0.39, 0.29) is 0 Å². The van der Waals surface area contributed by atoms with Gasteiger partial charge < -0.3 is 4.74 Å². The maximum atomic E-state index is 13.5. The molecule has 1 aliphatic carbocycles. The predicted octanol–water partition coefficient (Wildman–Crippen LogP) is 3.87. The lowest BCUT2D eigenvalue weighted by atomic mass is 10.1. The molecule has 26 heavy (non-hydrogen) atoms. The molecular formula is C20H19FN4O. The average molecular weight is 350 g/mol. The fourth-order valence-electron chi connectivity index (χ4n) is 3.01. The first kappa shape index (κ1) is 16.6. The van der Waals surface area contributed by atoms with Crippen LogP contribution in [0, 0.1) is 25.7 Å². The fourth-order valence-corrected chi connectivity index (χ4v) is 3.01. The van der Waals surface area contributed by atoms with Crippen LogP contribution in [0.4, 0.5) is 4.39 Å². The normalized spacial score (nSPS) is 18.6. The summed E-state index contributed by atoms with van der Waals surface area (Å²) in [5, 5.41) is 0. The van der Waals surface area contributed by atoms with Gasteiger partial charge in [-0.05, 0) is 43.5 Å². The lowest BCUT2D eigenvalue weighted by Crippen LogP contribution is -2.05. The van der Waals surface area contributed by atoms with Gasteiger partial charge in [0.15, 0.2) is 0 Å². The Labute approximate surface area is 151 Å². The van der Waals surface area contributed by atoms with Gasteiger partial charge in [-0.2, -0.15) is 9.37 Å². The molecule has 3 heterocycles. The van der Waals surface area contributed by atoms with Gasteiger partial charge in [-0.3, -0.25) is 4.98 Å². The number of rotatable bonds is 5. The van der Waals surface area contributed by atoms with E-state index in [2.05, 4.69) is 32.1 Å². The topological polar surface area (TPSA) is 60.8 Å².